The molecule has 2 N–H and O–H groups in total. The number of esters is 1. The van der Waals surface area contributed by atoms with Crippen molar-refractivity contribution in [2.45, 2.75) is 39.3 Å². The van der Waals surface area contributed by atoms with Gasteiger partial charge >= 0.3 is 5.97 Å². The molecule has 3 rings (SSSR count). The molecule has 8 nitrogen and oxygen atoms in total. The number of carbonyl (C=O) groups excluding carboxylic acids is 3. The van der Waals surface area contributed by atoms with Gasteiger partial charge in [0.1, 0.15) is 18.3 Å². The van der Waals surface area contributed by atoms with Gasteiger partial charge in [0.15, 0.2) is 5.69 Å². The fourth-order valence-corrected chi connectivity index (χ4v) is 3.18. The van der Waals surface area contributed by atoms with Crippen molar-refractivity contribution in [2.24, 2.45) is 5.92 Å². The van der Waals surface area contributed by atoms with Crippen molar-refractivity contribution in [3.05, 3.63) is 53.6 Å². The summed E-state index contributed by atoms with van der Waals surface area (Å²) in [7, 11) is 0. The minimum atomic E-state index is -0.873. The number of benzene rings is 1. The summed E-state index contributed by atoms with van der Waals surface area (Å²) in [6, 6.07) is 8.41. The van der Waals surface area contributed by atoms with E-state index in [0.717, 1.165) is 18.4 Å². The number of nitrogens with one attached hydrogen (secondary N) is 2. The van der Waals surface area contributed by atoms with Crippen molar-refractivity contribution in [3.8, 4) is 0 Å². The third-order valence-electron chi connectivity index (χ3n) is 5.06. The van der Waals surface area contributed by atoms with Crippen LogP contribution in [-0.2, 0) is 16.1 Å². The van der Waals surface area contributed by atoms with Crippen molar-refractivity contribution >= 4 is 17.8 Å². The van der Waals surface area contributed by atoms with Crippen LogP contribution < -0.4 is 5.32 Å². The molecule has 0 aliphatic carbocycles. The predicted octanol–water partition coefficient (Wildman–Crippen LogP) is 2.14. The van der Waals surface area contributed by atoms with Gasteiger partial charge in [-0.15, -0.1) is 0 Å². The standard InChI is InChI=1S/C21H26N4O4/c1-14-8-10-25(11-9-14)20(27)18-17(22-13-23-18)19(26)24-15(2)21(28)29-12-16-6-4-3-5-7-16/h3-7,13-15H,8-12H2,1-2H3,(H,22,23)(H,24,26)/t15-/m0/s1. The first kappa shape index (κ1) is 20.6. The second-order valence-electron chi connectivity index (χ2n) is 7.39. The molecule has 0 radical (unpaired) electrons. The number of ether oxygens (including phenoxy) is 1. The van der Waals surface area contributed by atoms with Gasteiger partial charge in [-0.25, -0.2) is 9.78 Å². The van der Waals surface area contributed by atoms with Gasteiger partial charge in [-0.05, 0) is 31.2 Å². The minimum absolute atomic E-state index is 0.0173. The Morgan fingerprint density at radius 1 is 1.24 bits per heavy atom. The fraction of sp³-hybridized carbons (Fsp3) is 0.429. The molecule has 1 aliphatic rings. The fourth-order valence-electron chi connectivity index (χ4n) is 3.18. The zero-order valence-corrected chi connectivity index (χ0v) is 16.7. The number of carbonyl (C=O) groups is 3. The quantitative estimate of drug-likeness (QED) is 0.726. The number of amides is 2. The molecule has 2 aromatic rings. The number of rotatable bonds is 6. The number of imidazole rings is 1. The summed E-state index contributed by atoms with van der Waals surface area (Å²) in [5, 5.41) is 2.56. The van der Waals surface area contributed by atoms with E-state index >= 15 is 0 Å². The molecule has 154 valence electrons. The number of piperidine rings is 1. The first-order valence-electron chi connectivity index (χ1n) is 9.79. The summed E-state index contributed by atoms with van der Waals surface area (Å²) in [5.74, 6) is -0.815. The Morgan fingerprint density at radius 2 is 1.93 bits per heavy atom. The van der Waals surface area contributed by atoms with Crippen LogP contribution in [0.25, 0.3) is 0 Å². The summed E-state index contributed by atoms with van der Waals surface area (Å²) >= 11 is 0. The van der Waals surface area contributed by atoms with Crippen LogP contribution in [0.15, 0.2) is 36.7 Å². The highest BCUT2D eigenvalue weighted by molar-refractivity contribution is 6.05. The van der Waals surface area contributed by atoms with Gasteiger partial charge in [-0.3, -0.25) is 9.59 Å². The molecule has 1 aliphatic heterocycles. The number of hydrogen-bond donors (Lipinski definition) is 2. The molecule has 1 atom stereocenters. The maximum atomic E-state index is 12.8. The van der Waals surface area contributed by atoms with Crippen LogP contribution in [0, 0.1) is 5.92 Å². The lowest BCUT2D eigenvalue weighted by molar-refractivity contribution is -0.146. The topological polar surface area (TPSA) is 104 Å². The van der Waals surface area contributed by atoms with Crippen LogP contribution in [0.5, 0.6) is 0 Å². The maximum Gasteiger partial charge on any atom is 0.328 e. The molecule has 0 saturated carbocycles. The van der Waals surface area contributed by atoms with Gasteiger partial charge in [-0.2, -0.15) is 0 Å². The average molecular weight is 398 g/mol. The van der Waals surface area contributed by atoms with Crippen LogP contribution in [0.2, 0.25) is 0 Å². The SMILES string of the molecule is CC1CCN(C(=O)c2[nH]cnc2C(=O)N[C@@H](C)C(=O)OCc2ccccc2)CC1. The van der Waals surface area contributed by atoms with Crippen LogP contribution >= 0.6 is 0 Å². The monoisotopic (exact) mass is 398 g/mol. The molecular formula is C21H26N4O4. The molecule has 8 heteroatoms. The van der Waals surface area contributed by atoms with Crippen molar-refractivity contribution in [2.75, 3.05) is 13.1 Å². The third-order valence-corrected chi connectivity index (χ3v) is 5.06. The predicted molar refractivity (Wildman–Crippen MR) is 106 cm³/mol. The number of likely N-dealkylation sites (tertiary alicyclic amines) is 1. The van der Waals surface area contributed by atoms with E-state index in [9.17, 15) is 14.4 Å². The highest BCUT2D eigenvalue weighted by Crippen LogP contribution is 2.18. The molecule has 0 bridgehead atoms. The molecule has 1 aromatic heterocycles. The van der Waals surface area contributed by atoms with Crippen LogP contribution in [0.3, 0.4) is 0 Å². The minimum Gasteiger partial charge on any atom is -0.459 e. The summed E-state index contributed by atoms with van der Waals surface area (Å²) < 4.78 is 5.23. The van der Waals surface area contributed by atoms with Gasteiger partial charge in [0.05, 0.1) is 6.33 Å². The number of hydrogen-bond acceptors (Lipinski definition) is 5. The van der Waals surface area contributed by atoms with Gasteiger partial charge in [-0.1, -0.05) is 37.3 Å². The summed E-state index contributed by atoms with van der Waals surface area (Å²) in [4.78, 5) is 46.0. The van der Waals surface area contributed by atoms with E-state index in [1.165, 1.54) is 13.3 Å². The zero-order valence-electron chi connectivity index (χ0n) is 16.7. The Hall–Kier alpha value is -3.16. The molecular weight excluding hydrogens is 372 g/mol. The molecule has 2 heterocycles. The normalized spacial score (nSPS) is 15.6. The van der Waals surface area contributed by atoms with Crippen molar-refractivity contribution in [3.63, 3.8) is 0 Å². The third kappa shape index (κ3) is 5.22. The number of H-pyrrole nitrogens is 1. The molecule has 1 aromatic carbocycles. The van der Waals surface area contributed by atoms with Crippen LogP contribution in [-0.4, -0.2) is 51.8 Å². The molecule has 29 heavy (non-hydrogen) atoms. The highest BCUT2D eigenvalue weighted by Gasteiger charge is 2.28. The van der Waals surface area contributed by atoms with E-state index in [1.807, 2.05) is 30.3 Å². The number of nitrogens with zero attached hydrogens (tertiary/aromatic N) is 2. The Balaban J connectivity index is 1.57. The van der Waals surface area contributed by atoms with Gasteiger partial charge < -0.3 is 19.9 Å². The number of aromatic nitrogens is 2. The van der Waals surface area contributed by atoms with E-state index < -0.39 is 17.9 Å². The Labute approximate surface area is 169 Å². The van der Waals surface area contributed by atoms with Crippen molar-refractivity contribution in [1.82, 2.24) is 20.2 Å². The Kier molecular flexibility index (Phi) is 6.64. The van der Waals surface area contributed by atoms with Crippen molar-refractivity contribution in [1.29, 1.82) is 0 Å². The van der Waals surface area contributed by atoms with Crippen molar-refractivity contribution < 1.29 is 19.1 Å². The first-order chi connectivity index (χ1) is 14.0. The zero-order chi connectivity index (χ0) is 20.8. The van der Waals surface area contributed by atoms with Gasteiger partial charge in [0.2, 0.25) is 0 Å². The highest BCUT2D eigenvalue weighted by atomic mass is 16.5. The Bertz CT molecular complexity index is 857. The van der Waals surface area contributed by atoms with E-state index in [-0.39, 0.29) is 23.9 Å². The van der Waals surface area contributed by atoms with E-state index in [0.29, 0.717) is 19.0 Å². The van der Waals surface area contributed by atoms with Gasteiger partial charge in [0.25, 0.3) is 11.8 Å². The maximum absolute atomic E-state index is 12.8. The molecule has 1 saturated heterocycles. The lowest BCUT2D eigenvalue weighted by Crippen LogP contribution is -2.42. The van der Waals surface area contributed by atoms with Crippen LogP contribution in [0.4, 0.5) is 0 Å². The Morgan fingerprint density at radius 3 is 2.62 bits per heavy atom. The lowest BCUT2D eigenvalue weighted by Gasteiger charge is -2.30. The van der Waals surface area contributed by atoms with E-state index in [4.69, 9.17) is 4.74 Å². The summed E-state index contributed by atoms with van der Waals surface area (Å²) in [5.41, 5.74) is 0.980. The average Bonchev–Trinajstić information content (AvgIpc) is 3.23. The summed E-state index contributed by atoms with van der Waals surface area (Å²) in [6.45, 7) is 5.13. The lowest BCUT2D eigenvalue weighted by atomic mass is 9.99. The number of aromatic amines is 1. The molecule has 2 amide bonds. The molecule has 1 fully saturated rings. The molecule has 0 spiro atoms. The van der Waals surface area contributed by atoms with Crippen LogP contribution in [0.1, 0.15) is 53.2 Å². The van der Waals surface area contributed by atoms with Gasteiger partial charge in [0, 0.05) is 13.1 Å². The van der Waals surface area contributed by atoms with E-state index in [2.05, 4.69) is 22.2 Å². The first-order valence-corrected chi connectivity index (χ1v) is 9.79. The van der Waals surface area contributed by atoms with E-state index in [1.54, 1.807) is 4.90 Å². The summed E-state index contributed by atoms with van der Waals surface area (Å²) in [6.07, 6.45) is 3.19. The largest absolute Gasteiger partial charge is 0.459 e. The second kappa shape index (κ2) is 9.36. The second-order valence-corrected chi connectivity index (χ2v) is 7.39. The molecule has 0 unspecified atom stereocenters. The smallest absolute Gasteiger partial charge is 0.328 e.